The molecule has 0 atom stereocenters. The number of imidazole rings is 1. The maximum Gasteiger partial charge on any atom is 0.152 e. The zero-order valence-electron chi connectivity index (χ0n) is 11.8. The average Bonchev–Trinajstić information content (AvgIpc) is 2.86. The summed E-state index contributed by atoms with van der Waals surface area (Å²) in [5, 5.41) is 3.38. The summed E-state index contributed by atoms with van der Waals surface area (Å²) in [6, 6.07) is 8.12. The van der Waals surface area contributed by atoms with Crippen LogP contribution in [-0.2, 0) is 4.74 Å². The van der Waals surface area contributed by atoms with Crippen molar-refractivity contribution in [1.29, 1.82) is 0 Å². The molecule has 0 unspecified atom stereocenters. The average molecular weight is 270 g/mol. The Morgan fingerprint density at radius 1 is 1.25 bits per heavy atom. The van der Waals surface area contributed by atoms with Crippen molar-refractivity contribution in [2.75, 3.05) is 25.6 Å². The van der Waals surface area contributed by atoms with E-state index < -0.39 is 0 Å². The monoisotopic (exact) mass is 270 g/mol. The van der Waals surface area contributed by atoms with E-state index in [0.29, 0.717) is 0 Å². The zero-order valence-corrected chi connectivity index (χ0v) is 11.8. The van der Waals surface area contributed by atoms with Crippen LogP contribution in [0.4, 0.5) is 5.82 Å². The molecule has 0 radical (unpaired) electrons. The van der Waals surface area contributed by atoms with E-state index in [-0.39, 0.29) is 0 Å². The maximum atomic E-state index is 5.06. The molecular weight excluding hydrogens is 252 g/mol. The summed E-state index contributed by atoms with van der Waals surface area (Å²) < 4.78 is 7.20. The number of methoxy groups -OCH3 is 1. The van der Waals surface area contributed by atoms with Crippen LogP contribution in [-0.4, -0.2) is 34.6 Å². The van der Waals surface area contributed by atoms with Crippen LogP contribution in [0.15, 0.2) is 30.5 Å². The Balaban J connectivity index is 2.06. The van der Waals surface area contributed by atoms with E-state index in [1.165, 1.54) is 0 Å². The van der Waals surface area contributed by atoms with Gasteiger partial charge < -0.3 is 10.1 Å². The van der Waals surface area contributed by atoms with Crippen LogP contribution in [0.1, 0.15) is 12.2 Å². The molecule has 2 heterocycles. The second-order valence-electron chi connectivity index (χ2n) is 4.75. The summed E-state index contributed by atoms with van der Waals surface area (Å²) in [5.41, 5.74) is 3.06. The Labute approximate surface area is 117 Å². The number of hydrogen-bond donors (Lipinski definition) is 1. The standard InChI is InChI=1S/C15H18N4O/c1-11-17-10-14-15(16-8-5-9-20-2)18-12-6-3-4-7-13(12)19(11)14/h3-4,6-7,10H,5,8-9H2,1-2H3,(H,16,18). The maximum absolute atomic E-state index is 5.06. The van der Waals surface area contributed by atoms with Gasteiger partial charge in [-0.25, -0.2) is 9.97 Å². The Bertz CT molecular complexity index is 735. The highest BCUT2D eigenvalue weighted by Crippen LogP contribution is 2.22. The van der Waals surface area contributed by atoms with Crippen LogP contribution in [0.25, 0.3) is 16.6 Å². The van der Waals surface area contributed by atoms with Crippen molar-refractivity contribution in [1.82, 2.24) is 14.4 Å². The lowest BCUT2D eigenvalue weighted by atomic mass is 10.3. The predicted octanol–water partition coefficient (Wildman–Crippen LogP) is 2.64. The Morgan fingerprint density at radius 2 is 2.10 bits per heavy atom. The number of anilines is 1. The molecule has 3 aromatic rings. The van der Waals surface area contributed by atoms with Gasteiger partial charge in [-0.05, 0) is 25.5 Å². The molecule has 2 aromatic heterocycles. The smallest absolute Gasteiger partial charge is 0.152 e. The van der Waals surface area contributed by atoms with E-state index in [2.05, 4.69) is 20.8 Å². The van der Waals surface area contributed by atoms with Crippen molar-refractivity contribution >= 4 is 22.4 Å². The predicted molar refractivity (Wildman–Crippen MR) is 80.2 cm³/mol. The number of aryl methyl sites for hydroxylation is 1. The van der Waals surface area contributed by atoms with Gasteiger partial charge >= 0.3 is 0 Å². The van der Waals surface area contributed by atoms with Crippen molar-refractivity contribution in [2.24, 2.45) is 0 Å². The fourth-order valence-corrected chi connectivity index (χ4v) is 2.39. The first-order valence-corrected chi connectivity index (χ1v) is 6.77. The number of aromatic nitrogens is 3. The van der Waals surface area contributed by atoms with Crippen molar-refractivity contribution in [3.8, 4) is 0 Å². The lowest BCUT2D eigenvalue weighted by Crippen LogP contribution is -2.08. The van der Waals surface area contributed by atoms with Gasteiger partial charge in [0.25, 0.3) is 0 Å². The quantitative estimate of drug-likeness (QED) is 0.724. The molecule has 0 bridgehead atoms. The minimum absolute atomic E-state index is 0.745. The minimum Gasteiger partial charge on any atom is -0.385 e. The first-order valence-electron chi connectivity index (χ1n) is 6.77. The molecule has 0 saturated carbocycles. The minimum atomic E-state index is 0.745. The Kier molecular flexibility index (Phi) is 3.52. The van der Waals surface area contributed by atoms with Gasteiger partial charge in [0.15, 0.2) is 5.82 Å². The molecule has 104 valence electrons. The van der Waals surface area contributed by atoms with Gasteiger partial charge in [-0.15, -0.1) is 0 Å². The van der Waals surface area contributed by atoms with Gasteiger partial charge in [0.1, 0.15) is 11.3 Å². The molecule has 0 aliphatic rings. The van der Waals surface area contributed by atoms with E-state index >= 15 is 0 Å². The molecule has 5 nitrogen and oxygen atoms in total. The molecule has 0 spiro atoms. The normalized spacial score (nSPS) is 11.3. The van der Waals surface area contributed by atoms with Crippen molar-refractivity contribution < 1.29 is 4.74 Å². The number of fused-ring (bicyclic) bond motifs is 3. The van der Waals surface area contributed by atoms with Crippen LogP contribution in [0.2, 0.25) is 0 Å². The summed E-state index contributed by atoms with van der Waals surface area (Å²) in [7, 11) is 1.72. The number of hydrogen-bond acceptors (Lipinski definition) is 4. The van der Waals surface area contributed by atoms with Gasteiger partial charge in [0.05, 0.1) is 17.2 Å². The largest absolute Gasteiger partial charge is 0.385 e. The van der Waals surface area contributed by atoms with Gasteiger partial charge in [0, 0.05) is 20.3 Å². The molecule has 0 amide bonds. The number of rotatable bonds is 5. The molecule has 0 aliphatic heterocycles. The van der Waals surface area contributed by atoms with Gasteiger partial charge in [-0.1, -0.05) is 12.1 Å². The SMILES string of the molecule is COCCCNc1nc2ccccc2n2c(C)ncc12. The van der Waals surface area contributed by atoms with E-state index in [9.17, 15) is 0 Å². The van der Waals surface area contributed by atoms with E-state index in [4.69, 9.17) is 9.72 Å². The molecule has 1 aromatic carbocycles. The second kappa shape index (κ2) is 5.46. The van der Waals surface area contributed by atoms with E-state index in [1.54, 1.807) is 7.11 Å². The number of nitrogens with one attached hydrogen (secondary N) is 1. The number of benzene rings is 1. The molecule has 0 saturated heterocycles. The summed E-state index contributed by atoms with van der Waals surface area (Å²) in [4.78, 5) is 9.11. The summed E-state index contributed by atoms with van der Waals surface area (Å²) >= 11 is 0. The molecule has 20 heavy (non-hydrogen) atoms. The number of ether oxygens (including phenoxy) is 1. The first-order chi connectivity index (χ1) is 9.81. The Morgan fingerprint density at radius 3 is 2.95 bits per heavy atom. The van der Waals surface area contributed by atoms with Gasteiger partial charge in [-0.2, -0.15) is 0 Å². The van der Waals surface area contributed by atoms with Gasteiger partial charge in [0.2, 0.25) is 0 Å². The summed E-state index contributed by atoms with van der Waals surface area (Å²) in [5.74, 6) is 1.85. The highest BCUT2D eigenvalue weighted by molar-refractivity contribution is 5.84. The third-order valence-corrected chi connectivity index (χ3v) is 3.35. The molecular formula is C15H18N4O. The molecule has 0 aliphatic carbocycles. The van der Waals surface area contributed by atoms with Crippen molar-refractivity contribution in [3.05, 3.63) is 36.3 Å². The molecule has 5 heteroatoms. The topological polar surface area (TPSA) is 51.5 Å². The molecule has 1 N–H and O–H groups in total. The highest BCUT2D eigenvalue weighted by atomic mass is 16.5. The lowest BCUT2D eigenvalue weighted by Gasteiger charge is -2.10. The van der Waals surface area contributed by atoms with Crippen LogP contribution in [0, 0.1) is 6.92 Å². The number of nitrogens with zero attached hydrogens (tertiary/aromatic N) is 3. The highest BCUT2D eigenvalue weighted by Gasteiger charge is 2.10. The number of para-hydroxylation sites is 2. The first kappa shape index (κ1) is 12.9. The fraction of sp³-hybridized carbons (Fsp3) is 0.333. The fourth-order valence-electron chi connectivity index (χ4n) is 2.39. The molecule has 0 fully saturated rings. The van der Waals surface area contributed by atoms with Crippen molar-refractivity contribution in [3.63, 3.8) is 0 Å². The van der Waals surface area contributed by atoms with Crippen molar-refractivity contribution in [2.45, 2.75) is 13.3 Å². The second-order valence-corrected chi connectivity index (χ2v) is 4.75. The third kappa shape index (κ3) is 2.20. The summed E-state index contributed by atoms with van der Waals surface area (Å²) in [6.07, 6.45) is 2.82. The Hall–Kier alpha value is -2.14. The van der Waals surface area contributed by atoms with Crippen LogP contribution >= 0.6 is 0 Å². The third-order valence-electron chi connectivity index (χ3n) is 3.35. The van der Waals surface area contributed by atoms with E-state index in [0.717, 1.165) is 47.8 Å². The zero-order chi connectivity index (χ0) is 13.9. The van der Waals surface area contributed by atoms with Crippen LogP contribution in [0.3, 0.4) is 0 Å². The summed E-state index contributed by atoms with van der Waals surface area (Å²) in [6.45, 7) is 3.59. The van der Waals surface area contributed by atoms with Crippen LogP contribution in [0.5, 0.6) is 0 Å². The van der Waals surface area contributed by atoms with Gasteiger partial charge in [-0.3, -0.25) is 4.40 Å². The molecule has 3 rings (SSSR count). The van der Waals surface area contributed by atoms with E-state index in [1.807, 2.05) is 31.3 Å². The van der Waals surface area contributed by atoms with Crippen LogP contribution < -0.4 is 5.32 Å². The lowest BCUT2D eigenvalue weighted by molar-refractivity contribution is 0.198.